The number of hydrogen-bond acceptors (Lipinski definition) is 3. The third kappa shape index (κ3) is 6.45. The quantitative estimate of drug-likeness (QED) is 0.373. The minimum absolute atomic E-state index is 0.238. The molecule has 0 heterocycles. The molecule has 0 aromatic rings. The van der Waals surface area contributed by atoms with Crippen LogP contribution in [0.25, 0.3) is 0 Å². The van der Waals surface area contributed by atoms with E-state index >= 15 is 0 Å². The highest BCUT2D eigenvalue weighted by atomic mass is 16.2. The average molecular weight is 368 g/mol. The van der Waals surface area contributed by atoms with Gasteiger partial charge in [0.25, 0.3) is 0 Å². The van der Waals surface area contributed by atoms with E-state index < -0.39 is 0 Å². The van der Waals surface area contributed by atoms with Gasteiger partial charge < -0.3 is 15.5 Å². The van der Waals surface area contributed by atoms with Crippen LogP contribution >= 0.6 is 0 Å². The third-order valence-corrected chi connectivity index (χ3v) is 5.45. The summed E-state index contributed by atoms with van der Waals surface area (Å²) in [5, 5.41) is 6.80. The first-order chi connectivity index (χ1) is 12.2. The van der Waals surface area contributed by atoms with Gasteiger partial charge in [0.1, 0.15) is 0 Å². The second kappa shape index (κ2) is 10.8. The molecule has 0 spiro atoms. The topological polar surface area (TPSA) is 60.0 Å². The molecule has 0 saturated heterocycles. The molecule has 1 rings (SSSR count). The van der Waals surface area contributed by atoms with Crippen LogP contribution in [0.4, 0.5) is 0 Å². The van der Waals surface area contributed by atoms with Gasteiger partial charge in [-0.15, -0.1) is 0 Å². The number of rotatable bonds is 9. The molecule has 152 valence electrons. The lowest BCUT2D eigenvalue weighted by atomic mass is 9.84. The molecule has 1 saturated carbocycles. The molecule has 0 atom stereocenters. The monoisotopic (exact) mass is 367 g/mol. The molecule has 0 bridgehead atoms. The zero-order valence-corrected chi connectivity index (χ0v) is 18.1. The predicted octanol–water partition coefficient (Wildman–Crippen LogP) is 2.31. The molecule has 0 unspecified atom stereocenters. The maximum Gasteiger partial charge on any atom is 0.230 e. The smallest absolute Gasteiger partial charge is 0.230 e. The fraction of sp³-hybridized carbons (Fsp3) is 0.900. The van der Waals surface area contributed by atoms with Gasteiger partial charge in [-0.05, 0) is 47.0 Å². The van der Waals surface area contributed by atoms with Crippen molar-refractivity contribution in [2.45, 2.75) is 71.9 Å². The van der Waals surface area contributed by atoms with E-state index in [9.17, 15) is 4.79 Å². The van der Waals surface area contributed by atoms with Crippen LogP contribution in [-0.4, -0.2) is 74.5 Å². The minimum atomic E-state index is -0.271. The second-order valence-corrected chi connectivity index (χ2v) is 8.32. The van der Waals surface area contributed by atoms with E-state index in [2.05, 4.69) is 48.2 Å². The van der Waals surface area contributed by atoms with Crippen LogP contribution in [0.3, 0.4) is 0 Å². The van der Waals surface area contributed by atoms with Gasteiger partial charge in [-0.25, -0.2) is 0 Å². The Kier molecular flexibility index (Phi) is 9.41. The summed E-state index contributed by atoms with van der Waals surface area (Å²) in [5.74, 6) is 1.03. The Bertz CT molecular complexity index is 445. The van der Waals surface area contributed by atoms with Gasteiger partial charge in [0, 0.05) is 52.9 Å². The summed E-state index contributed by atoms with van der Waals surface area (Å²) in [6.07, 6.45) is 5.26. The highest BCUT2D eigenvalue weighted by molar-refractivity contribution is 5.85. The highest BCUT2D eigenvalue weighted by Crippen LogP contribution is 2.38. The van der Waals surface area contributed by atoms with Crippen molar-refractivity contribution in [3.8, 4) is 0 Å². The van der Waals surface area contributed by atoms with Crippen molar-refractivity contribution in [2.75, 3.05) is 40.8 Å². The summed E-state index contributed by atoms with van der Waals surface area (Å²) < 4.78 is 0. The van der Waals surface area contributed by atoms with Crippen LogP contribution in [0.15, 0.2) is 4.99 Å². The van der Waals surface area contributed by atoms with Crippen molar-refractivity contribution < 1.29 is 4.79 Å². The van der Waals surface area contributed by atoms with Gasteiger partial charge in [-0.1, -0.05) is 12.8 Å². The lowest BCUT2D eigenvalue weighted by Crippen LogP contribution is -2.49. The molecule has 0 radical (unpaired) electrons. The van der Waals surface area contributed by atoms with Crippen molar-refractivity contribution in [2.24, 2.45) is 10.4 Å². The fourth-order valence-electron chi connectivity index (χ4n) is 4.05. The van der Waals surface area contributed by atoms with Gasteiger partial charge in [-0.3, -0.25) is 14.7 Å². The number of nitrogens with one attached hydrogen (secondary N) is 2. The van der Waals surface area contributed by atoms with E-state index in [1.807, 2.05) is 14.1 Å². The first kappa shape index (κ1) is 22.7. The van der Waals surface area contributed by atoms with E-state index in [4.69, 9.17) is 0 Å². The summed E-state index contributed by atoms with van der Waals surface area (Å²) in [6.45, 7) is 11.6. The number of carbonyl (C=O) groups is 1. The molecule has 1 aliphatic carbocycles. The Hall–Kier alpha value is -1.30. The van der Waals surface area contributed by atoms with Crippen LogP contribution in [0.2, 0.25) is 0 Å². The Labute approximate surface area is 160 Å². The van der Waals surface area contributed by atoms with E-state index in [1.165, 1.54) is 0 Å². The highest BCUT2D eigenvalue weighted by Gasteiger charge is 2.42. The standard InChI is InChI=1S/C20H41N5O/c1-16(2)25(17(3)4)14-10-13-22-19(21-5)23-15-20(11-8-9-12-20)18(26)24(6)7/h16-17H,8-15H2,1-7H3,(H2,21,22,23). The number of guanidine groups is 1. The maximum atomic E-state index is 12.7. The van der Waals surface area contributed by atoms with E-state index in [0.29, 0.717) is 18.6 Å². The van der Waals surface area contributed by atoms with E-state index in [-0.39, 0.29) is 11.3 Å². The Morgan fingerprint density at radius 2 is 1.65 bits per heavy atom. The number of aliphatic imine (C=N–C) groups is 1. The molecule has 6 nitrogen and oxygen atoms in total. The zero-order chi connectivity index (χ0) is 19.7. The largest absolute Gasteiger partial charge is 0.356 e. The van der Waals surface area contributed by atoms with Crippen LogP contribution in [0, 0.1) is 5.41 Å². The minimum Gasteiger partial charge on any atom is -0.356 e. The van der Waals surface area contributed by atoms with Crippen LogP contribution in [0.5, 0.6) is 0 Å². The van der Waals surface area contributed by atoms with Crippen molar-refractivity contribution in [1.29, 1.82) is 0 Å². The molecule has 1 fully saturated rings. The summed E-state index contributed by atoms with van der Waals surface area (Å²) >= 11 is 0. The number of hydrogen-bond donors (Lipinski definition) is 2. The maximum absolute atomic E-state index is 12.7. The summed E-state index contributed by atoms with van der Waals surface area (Å²) in [4.78, 5) is 21.2. The Balaban J connectivity index is 2.46. The Morgan fingerprint density at radius 3 is 2.12 bits per heavy atom. The number of carbonyl (C=O) groups excluding carboxylic acids is 1. The molecule has 0 aromatic carbocycles. The van der Waals surface area contributed by atoms with E-state index in [1.54, 1.807) is 11.9 Å². The number of amides is 1. The molecular weight excluding hydrogens is 326 g/mol. The second-order valence-electron chi connectivity index (χ2n) is 8.32. The first-order valence-corrected chi connectivity index (χ1v) is 10.2. The van der Waals surface area contributed by atoms with Gasteiger partial charge in [0.15, 0.2) is 5.96 Å². The Morgan fingerprint density at radius 1 is 1.08 bits per heavy atom. The first-order valence-electron chi connectivity index (χ1n) is 10.2. The van der Waals surface area contributed by atoms with Gasteiger partial charge in [0.2, 0.25) is 5.91 Å². The van der Waals surface area contributed by atoms with Gasteiger partial charge in [0.05, 0.1) is 5.41 Å². The summed E-state index contributed by atoms with van der Waals surface area (Å²) in [7, 11) is 5.49. The van der Waals surface area contributed by atoms with Gasteiger partial charge >= 0.3 is 0 Å². The normalized spacial score (nSPS) is 17.2. The molecule has 6 heteroatoms. The number of nitrogens with zero attached hydrogens (tertiary/aromatic N) is 3. The van der Waals surface area contributed by atoms with Gasteiger partial charge in [-0.2, -0.15) is 0 Å². The van der Waals surface area contributed by atoms with Crippen LogP contribution < -0.4 is 10.6 Å². The molecule has 2 N–H and O–H groups in total. The lowest BCUT2D eigenvalue weighted by molar-refractivity contribution is -0.138. The average Bonchev–Trinajstić information content (AvgIpc) is 3.05. The molecule has 0 aromatic heterocycles. The SMILES string of the molecule is CN=C(NCCCN(C(C)C)C(C)C)NCC1(C(=O)N(C)C)CCCC1. The van der Waals surface area contributed by atoms with Crippen LogP contribution in [-0.2, 0) is 4.79 Å². The van der Waals surface area contributed by atoms with Crippen molar-refractivity contribution in [3.05, 3.63) is 0 Å². The summed E-state index contributed by atoms with van der Waals surface area (Å²) in [5.41, 5.74) is -0.271. The lowest BCUT2D eigenvalue weighted by Gasteiger charge is -2.32. The fourth-order valence-corrected chi connectivity index (χ4v) is 4.05. The molecule has 1 aliphatic rings. The van der Waals surface area contributed by atoms with E-state index in [0.717, 1.165) is 51.2 Å². The zero-order valence-electron chi connectivity index (χ0n) is 18.1. The molecular formula is C20H41N5O. The van der Waals surface area contributed by atoms with Crippen LogP contribution in [0.1, 0.15) is 59.8 Å². The molecule has 0 aliphatic heterocycles. The van der Waals surface area contributed by atoms with Crippen molar-refractivity contribution in [1.82, 2.24) is 20.4 Å². The third-order valence-electron chi connectivity index (χ3n) is 5.45. The molecule has 26 heavy (non-hydrogen) atoms. The predicted molar refractivity (Wildman–Crippen MR) is 111 cm³/mol. The summed E-state index contributed by atoms with van der Waals surface area (Å²) in [6, 6.07) is 1.12. The van der Waals surface area contributed by atoms with Crippen molar-refractivity contribution >= 4 is 11.9 Å². The van der Waals surface area contributed by atoms with Crippen molar-refractivity contribution in [3.63, 3.8) is 0 Å². The molecule has 1 amide bonds.